The SMILES string of the molecule is C=CCSCCNCc1c(OC)ncnc1OC. The number of thioether (sulfide) groups is 1. The molecule has 0 radical (unpaired) electrons. The van der Waals surface area contributed by atoms with Crippen molar-refractivity contribution in [3.05, 3.63) is 24.5 Å². The van der Waals surface area contributed by atoms with Gasteiger partial charge in [0.05, 0.1) is 19.8 Å². The van der Waals surface area contributed by atoms with E-state index >= 15 is 0 Å². The van der Waals surface area contributed by atoms with Crippen molar-refractivity contribution < 1.29 is 9.47 Å². The van der Waals surface area contributed by atoms with E-state index in [0.29, 0.717) is 18.3 Å². The molecule has 0 bridgehead atoms. The number of ether oxygens (including phenoxy) is 2. The molecule has 18 heavy (non-hydrogen) atoms. The average Bonchev–Trinajstić information content (AvgIpc) is 2.42. The molecule has 0 saturated carbocycles. The fourth-order valence-corrected chi connectivity index (χ4v) is 2.03. The summed E-state index contributed by atoms with van der Waals surface area (Å²) < 4.78 is 10.4. The highest BCUT2D eigenvalue weighted by atomic mass is 32.2. The average molecular weight is 269 g/mol. The van der Waals surface area contributed by atoms with Gasteiger partial charge in [0.1, 0.15) is 6.33 Å². The molecule has 1 aromatic heterocycles. The first-order valence-corrected chi connectivity index (χ1v) is 6.80. The minimum absolute atomic E-state index is 0.549. The number of rotatable bonds is 9. The van der Waals surface area contributed by atoms with E-state index < -0.39 is 0 Å². The first-order valence-electron chi connectivity index (χ1n) is 5.64. The van der Waals surface area contributed by atoms with Crippen molar-refractivity contribution >= 4 is 11.8 Å². The summed E-state index contributed by atoms with van der Waals surface area (Å²) in [7, 11) is 3.18. The van der Waals surface area contributed by atoms with Crippen molar-refractivity contribution in [1.82, 2.24) is 15.3 Å². The lowest BCUT2D eigenvalue weighted by Gasteiger charge is -2.11. The van der Waals surface area contributed by atoms with Crippen molar-refractivity contribution in [2.75, 3.05) is 32.3 Å². The number of aromatic nitrogens is 2. The highest BCUT2D eigenvalue weighted by molar-refractivity contribution is 7.99. The van der Waals surface area contributed by atoms with Crippen LogP contribution in [0, 0.1) is 0 Å². The maximum atomic E-state index is 5.19. The van der Waals surface area contributed by atoms with Crippen molar-refractivity contribution in [2.45, 2.75) is 6.54 Å². The van der Waals surface area contributed by atoms with Crippen molar-refractivity contribution in [3.8, 4) is 11.8 Å². The molecular formula is C12H19N3O2S. The number of hydrogen-bond donors (Lipinski definition) is 1. The van der Waals surface area contributed by atoms with Crippen LogP contribution in [0.5, 0.6) is 11.8 Å². The number of nitrogens with one attached hydrogen (secondary N) is 1. The first kappa shape index (κ1) is 14.8. The second-order valence-electron chi connectivity index (χ2n) is 3.41. The Labute approximate surface area is 112 Å². The Balaban J connectivity index is 2.47. The summed E-state index contributed by atoms with van der Waals surface area (Å²) >= 11 is 1.83. The Morgan fingerprint density at radius 1 is 1.33 bits per heavy atom. The van der Waals surface area contributed by atoms with E-state index in [1.807, 2.05) is 17.8 Å². The first-order chi connectivity index (χ1) is 8.83. The molecule has 0 amide bonds. The molecule has 6 heteroatoms. The smallest absolute Gasteiger partial charge is 0.224 e. The lowest BCUT2D eigenvalue weighted by molar-refractivity contribution is 0.359. The van der Waals surface area contributed by atoms with E-state index in [0.717, 1.165) is 23.6 Å². The van der Waals surface area contributed by atoms with Gasteiger partial charge in [-0.2, -0.15) is 11.8 Å². The molecule has 5 nitrogen and oxygen atoms in total. The van der Waals surface area contributed by atoms with Crippen molar-refractivity contribution in [1.29, 1.82) is 0 Å². The molecule has 1 N–H and O–H groups in total. The van der Waals surface area contributed by atoms with E-state index in [4.69, 9.17) is 9.47 Å². The second-order valence-corrected chi connectivity index (χ2v) is 4.56. The Morgan fingerprint density at radius 3 is 2.56 bits per heavy atom. The van der Waals surface area contributed by atoms with Crippen LogP contribution in [0.2, 0.25) is 0 Å². The van der Waals surface area contributed by atoms with Gasteiger partial charge in [0.15, 0.2) is 0 Å². The van der Waals surface area contributed by atoms with Gasteiger partial charge in [0.25, 0.3) is 0 Å². The molecule has 1 rings (SSSR count). The van der Waals surface area contributed by atoms with Gasteiger partial charge >= 0.3 is 0 Å². The molecule has 0 fully saturated rings. The predicted octanol–water partition coefficient (Wildman–Crippen LogP) is 1.50. The Hall–Kier alpha value is -1.27. The van der Waals surface area contributed by atoms with Gasteiger partial charge in [-0.15, -0.1) is 6.58 Å². The maximum absolute atomic E-state index is 5.19. The van der Waals surface area contributed by atoms with Crippen LogP contribution in [0.3, 0.4) is 0 Å². The van der Waals surface area contributed by atoms with Crippen LogP contribution in [0.4, 0.5) is 0 Å². The predicted molar refractivity (Wildman–Crippen MR) is 74.4 cm³/mol. The fraction of sp³-hybridized carbons (Fsp3) is 0.500. The summed E-state index contributed by atoms with van der Waals surface area (Å²) in [5.74, 6) is 3.11. The maximum Gasteiger partial charge on any atom is 0.224 e. The molecule has 0 aliphatic carbocycles. The Kier molecular flexibility index (Phi) is 7.20. The normalized spacial score (nSPS) is 10.1. The zero-order chi connectivity index (χ0) is 13.2. The molecule has 0 spiro atoms. The monoisotopic (exact) mass is 269 g/mol. The summed E-state index contributed by atoms with van der Waals surface area (Å²) in [6.45, 7) is 5.21. The van der Waals surface area contributed by atoms with Crippen LogP contribution in [-0.4, -0.2) is 42.2 Å². The zero-order valence-electron chi connectivity index (χ0n) is 10.8. The molecule has 0 unspecified atom stereocenters. The number of nitrogens with zero attached hydrogens (tertiary/aromatic N) is 2. The van der Waals surface area contributed by atoms with Crippen molar-refractivity contribution in [3.63, 3.8) is 0 Å². The molecule has 0 aliphatic heterocycles. The Morgan fingerprint density at radius 2 is 2.00 bits per heavy atom. The van der Waals surface area contributed by atoms with Gasteiger partial charge in [0.2, 0.25) is 11.8 Å². The zero-order valence-corrected chi connectivity index (χ0v) is 11.6. The van der Waals surface area contributed by atoms with E-state index in [9.17, 15) is 0 Å². The Bertz CT molecular complexity index is 352. The standard InChI is InChI=1S/C12H19N3O2S/c1-4-6-18-7-5-13-8-10-11(16-2)14-9-15-12(10)17-3/h4,9,13H,1,5-8H2,2-3H3. The highest BCUT2D eigenvalue weighted by Gasteiger charge is 2.11. The largest absolute Gasteiger partial charge is 0.481 e. The molecule has 0 aliphatic rings. The molecule has 0 atom stereocenters. The summed E-state index contributed by atoms with van der Waals surface area (Å²) in [5, 5.41) is 3.31. The van der Waals surface area contributed by atoms with Gasteiger partial charge < -0.3 is 14.8 Å². The fourth-order valence-electron chi connectivity index (χ4n) is 1.41. The third-order valence-corrected chi connectivity index (χ3v) is 3.18. The van der Waals surface area contributed by atoms with E-state index in [2.05, 4.69) is 21.9 Å². The molecular weight excluding hydrogens is 250 g/mol. The molecule has 1 heterocycles. The van der Waals surface area contributed by atoms with Crippen molar-refractivity contribution in [2.24, 2.45) is 0 Å². The van der Waals surface area contributed by atoms with E-state index in [1.54, 1.807) is 14.2 Å². The quantitative estimate of drug-likeness (QED) is 0.541. The lowest BCUT2D eigenvalue weighted by Crippen LogP contribution is -2.18. The number of methoxy groups -OCH3 is 2. The van der Waals surface area contributed by atoms with Gasteiger partial charge in [-0.05, 0) is 0 Å². The molecule has 1 aromatic rings. The second kappa shape index (κ2) is 8.77. The third-order valence-electron chi connectivity index (χ3n) is 2.21. The van der Waals surface area contributed by atoms with E-state index in [-0.39, 0.29) is 0 Å². The highest BCUT2D eigenvalue weighted by Crippen LogP contribution is 2.22. The minimum atomic E-state index is 0.549. The van der Waals surface area contributed by atoms with Crippen LogP contribution in [0.25, 0.3) is 0 Å². The minimum Gasteiger partial charge on any atom is -0.481 e. The van der Waals surface area contributed by atoms with Gasteiger partial charge in [-0.3, -0.25) is 0 Å². The summed E-state index contributed by atoms with van der Waals surface area (Å²) in [5.41, 5.74) is 0.844. The molecule has 0 saturated heterocycles. The molecule has 100 valence electrons. The van der Waals surface area contributed by atoms with Gasteiger partial charge in [-0.25, -0.2) is 9.97 Å². The third kappa shape index (κ3) is 4.54. The van der Waals surface area contributed by atoms with Crippen LogP contribution in [-0.2, 0) is 6.54 Å². The van der Waals surface area contributed by atoms with E-state index in [1.165, 1.54) is 6.33 Å². The number of hydrogen-bond acceptors (Lipinski definition) is 6. The van der Waals surface area contributed by atoms with Gasteiger partial charge in [-0.1, -0.05) is 6.08 Å². The topological polar surface area (TPSA) is 56.3 Å². The lowest BCUT2D eigenvalue weighted by atomic mass is 10.3. The van der Waals surface area contributed by atoms with Gasteiger partial charge in [0, 0.05) is 24.6 Å². The summed E-state index contributed by atoms with van der Waals surface area (Å²) in [6.07, 6.45) is 3.34. The van der Waals surface area contributed by atoms with Crippen LogP contribution in [0.1, 0.15) is 5.56 Å². The molecule has 0 aromatic carbocycles. The summed E-state index contributed by atoms with van der Waals surface area (Å²) in [6, 6.07) is 0. The van der Waals surface area contributed by atoms with Crippen LogP contribution >= 0.6 is 11.8 Å². The summed E-state index contributed by atoms with van der Waals surface area (Å²) in [4.78, 5) is 8.12. The van der Waals surface area contributed by atoms with Crippen LogP contribution in [0.15, 0.2) is 19.0 Å². The van der Waals surface area contributed by atoms with Crippen LogP contribution < -0.4 is 14.8 Å².